The van der Waals surface area contributed by atoms with Crippen LogP contribution in [0.1, 0.15) is 18.5 Å². The second kappa shape index (κ2) is 6.45. The molecule has 1 amide bonds. The molecule has 0 aliphatic heterocycles. The molecule has 0 bridgehead atoms. The zero-order chi connectivity index (χ0) is 14.5. The van der Waals surface area contributed by atoms with Crippen LogP contribution in [-0.4, -0.2) is 15.9 Å². The van der Waals surface area contributed by atoms with Crippen LogP contribution in [0, 0.1) is 5.92 Å². The Bertz CT molecular complexity index is 591. The van der Waals surface area contributed by atoms with E-state index in [0.717, 1.165) is 5.56 Å². The predicted molar refractivity (Wildman–Crippen MR) is 78.2 cm³/mol. The van der Waals surface area contributed by atoms with Gasteiger partial charge in [-0.25, -0.2) is 9.97 Å². The van der Waals surface area contributed by atoms with Crippen molar-refractivity contribution in [1.29, 1.82) is 0 Å². The lowest BCUT2D eigenvalue weighted by Crippen LogP contribution is -2.31. The van der Waals surface area contributed by atoms with E-state index in [-0.39, 0.29) is 17.0 Å². The lowest BCUT2D eigenvalue weighted by molar-refractivity contribution is -0.120. The Kier molecular flexibility index (Phi) is 4.65. The topological polar surface area (TPSA) is 80.9 Å². The second-order valence-electron chi connectivity index (χ2n) is 4.42. The number of rotatable bonds is 4. The van der Waals surface area contributed by atoms with Crippen LogP contribution in [0.5, 0.6) is 0 Å². The van der Waals surface area contributed by atoms with Crippen molar-refractivity contribution < 1.29 is 4.79 Å². The number of hydrogen-bond donors (Lipinski definition) is 2. The van der Waals surface area contributed by atoms with Crippen LogP contribution in [0.25, 0.3) is 0 Å². The number of hydrogen-bond acceptors (Lipinski definition) is 4. The molecule has 0 radical (unpaired) electrons. The average molecular weight is 291 g/mol. The summed E-state index contributed by atoms with van der Waals surface area (Å²) in [6, 6.07) is 10.6. The Hall–Kier alpha value is -1.98. The van der Waals surface area contributed by atoms with Gasteiger partial charge in [-0.05, 0) is 11.6 Å². The van der Waals surface area contributed by atoms with E-state index < -0.39 is 12.0 Å². The van der Waals surface area contributed by atoms with Crippen LogP contribution in [0.15, 0.2) is 42.6 Å². The van der Waals surface area contributed by atoms with E-state index in [9.17, 15) is 4.79 Å². The molecule has 0 spiro atoms. The number of anilines is 1. The first-order valence-corrected chi connectivity index (χ1v) is 6.55. The summed E-state index contributed by atoms with van der Waals surface area (Å²) in [6.07, 6.45) is 1.48. The summed E-state index contributed by atoms with van der Waals surface area (Å²) in [5.41, 5.74) is 7.00. The molecule has 0 saturated carbocycles. The Morgan fingerprint density at radius 3 is 2.65 bits per heavy atom. The van der Waals surface area contributed by atoms with Gasteiger partial charge < -0.3 is 5.73 Å². The van der Waals surface area contributed by atoms with Gasteiger partial charge in [0.15, 0.2) is 0 Å². The first-order chi connectivity index (χ1) is 9.58. The molecule has 0 aliphatic carbocycles. The van der Waals surface area contributed by atoms with Gasteiger partial charge in [-0.15, -0.1) is 0 Å². The van der Waals surface area contributed by atoms with E-state index in [1.165, 1.54) is 12.3 Å². The van der Waals surface area contributed by atoms with Crippen molar-refractivity contribution in [3.05, 3.63) is 53.3 Å². The number of carbonyl (C=O) groups excluding carboxylic acids is 1. The molecular formula is C14H15ClN4O. The Morgan fingerprint density at radius 1 is 1.30 bits per heavy atom. The van der Waals surface area contributed by atoms with Gasteiger partial charge in [0, 0.05) is 12.2 Å². The third-order valence-electron chi connectivity index (χ3n) is 2.99. The summed E-state index contributed by atoms with van der Waals surface area (Å²) in [5, 5.41) is 2.88. The van der Waals surface area contributed by atoms with Crippen molar-refractivity contribution in [3.8, 4) is 0 Å². The van der Waals surface area contributed by atoms with Crippen LogP contribution in [0.4, 0.5) is 5.95 Å². The predicted octanol–water partition coefficient (Wildman–Crippen LogP) is 2.40. The third kappa shape index (κ3) is 3.53. The normalized spacial score (nSPS) is 13.6. The molecule has 1 aromatic carbocycles. The lowest BCUT2D eigenvalue weighted by Gasteiger charge is -2.19. The van der Waals surface area contributed by atoms with Crippen LogP contribution in [-0.2, 0) is 4.79 Å². The van der Waals surface area contributed by atoms with E-state index in [1.807, 2.05) is 30.3 Å². The van der Waals surface area contributed by atoms with Gasteiger partial charge in [0.1, 0.15) is 5.15 Å². The van der Waals surface area contributed by atoms with E-state index in [1.54, 1.807) is 6.92 Å². The largest absolute Gasteiger partial charge is 0.323 e. The molecule has 0 saturated heterocycles. The highest BCUT2D eigenvalue weighted by Crippen LogP contribution is 2.20. The fourth-order valence-corrected chi connectivity index (χ4v) is 1.88. The van der Waals surface area contributed by atoms with Gasteiger partial charge >= 0.3 is 0 Å². The van der Waals surface area contributed by atoms with Crippen molar-refractivity contribution in [3.63, 3.8) is 0 Å². The summed E-state index contributed by atoms with van der Waals surface area (Å²) >= 11 is 5.74. The van der Waals surface area contributed by atoms with Crippen molar-refractivity contribution in [2.75, 3.05) is 5.32 Å². The van der Waals surface area contributed by atoms with Gasteiger partial charge in [-0.1, -0.05) is 48.9 Å². The molecule has 2 rings (SSSR count). The summed E-state index contributed by atoms with van der Waals surface area (Å²) in [5.74, 6) is -0.488. The maximum Gasteiger partial charge on any atom is 0.231 e. The highest BCUT2D eigenvalue weighted by Gasteiger charge is 2.22. The monoisotopic (exact) mass is 290 g/mol. The minimum atomic E-state index is -0.417. The van der Waals surface area contributed by atoms with E-state index >= 15 is 0 Å². The summed E-state index contributed by atoms with van der Waals surface area (Å²) < 4.78 is 0. The molecule has 0 fully saturated rings. The summed E-state index contributed by atoms with van der Waals surface area (Å²) in [4.78, 5) is 20.0. The molecule has 1 aromatic heterocycles. The highest BCUT2D eigenvalue weighted by atomic mass is 35.5. The maximum absolute atomic E-state index is 12.1. The fraction of sp³-hybridized carbons (Fsp3) is 0.214. The Labute approximate surface area is 122 Å². The molecule has 0 aliphatic rings. The minimum Gasteiger partial charge on any atom is -0.323 e. The van der Waals surface area contributed by atoms with Gasteiger partial charge in [0.2, 0.25) is 11.9 Å². The Balaban J connectivity index is 2.05. The molecule has 2 aromatic rings. The van der Waals surface area contributed by atoms with Crippen LogP contribution >= 0.6 is 11.6 Å². The smallest absolute Gasteiger partial charge is 0.231 e. The minimum absolute atomic E-state index is 0.176. The van der Waals surface area contributed by atoms with Gasteiger partial charge in [0.25, 0.3) is 0 Å². The number of nitrogens with one attached hydrogen (secondary N) is 1. The number of nitrogens with zero attached hydrogens (tertiary/aromatic N) is 2. The van der Waals surface area contributed by atoms with Crippen molar-refractivity contribution in [2.45, 2.75) is 13.0 Å². The third-order valence-corrected chi connectivity index (χ3v) is 3.20. The van der Waals surface area contributed by atoms with Gasteiger partial charge in [-0.2, -0.15) is 0 Å². The zero-order valence-corrected chi connectivity index (χ0v) is 11.7. The zero-order valence-electron chi connectivity index (χ0n) is 11.0. The van der Waals surface area contributed by atoms with Gasteiger partial charge in [0.05, 0.1) is 5.92 Å². The standard InChI is InChI=1S/C14H15ClN4O/c1-9(12(16)10-5-3-2-4-6-10)13(20)19-14-17-8-7-11(15)18-14/h2-9,12H,16H2,1H3,(H,17,18,19,20). The quantitative estimate of drug-likeness (QED) is 0.847. The molecule has 1 heterocycles. The molecule has 3 N–H and O–H groups in total. The number of aromatic nitrogens is 2. The first kappa shape index (κ1) is 14.4. The maximum atomic E-state index is 12.1. The first-order valence-electron chi connectivity index (χ1n) is 6.18. The number of nitrogens with two attached hydrogens (primary N) is 1. The van der Waals surface area contributed by atoms with E-state index in [4.69, 9.17) is 17.3 Å². The van der Waals surface area contributed by atoms with Crippen LogP contribution in [0.3, 0.4) is 0 Å². The van der Waals surface area contributed by atoms with E-state index in [0.29, 0.717) is 0 Å². The average Bonchev–Trinajstić information content (AvgIpc) is 2.46. The molecule has 6 heteroatoms. The van der Waals surface area contributed by atoms with Crippen LogP contribution < -0.4 is 11.1 Å². The molecule has 2 unspecified atom stereocenters. The molecule has 2 atom stereocenters. The summed E-state index contributed by atoms with van der Waals surface area (Å²) in [6.45, 7) is 1.76. The number of halogens is 1. The summed E-state index contributed by atoms with van der Waals surface area (Å²) in [7, 11) is 0. The fourth-order valence-electron chi connectivity index (χ4n) is 1.75. The van der Waals surface area contributed by atoms with Crippen molar-refractivity contribution >= 4 is 23.5 Å². The molecule has 20 heavy (non-hydrogen) atoms. The SMILES string of the molecule is CC(C(=O)Nc1nccc(Cl)n1)C(N)c1ccccc1. The van der Waals surface area contributed by atoms with Crippen molar-refractivity contribution in [2.24, 2.45) is 11.7 Å². The second-order valence-corrected chi connectivity index (χ2v) is 4.80. The number of benzene rings is 1. The lowest BCUT2D eigenvalue weighted by atomic mass is 9.95. The highest BCUT2D eigenvalue weighted by molar-refractivity contribution is 6.29. The van der Waals surface area contributed by atoms with Crippen LogP contribution in [0.2, 0.25) is 5.15 Å². The number of amides is 1. The molecule has 5 nitrogen and oxygen atoms in total. The number of carbonyl (C=O) groups is 1. The van der Waals surface area contributed by atoms with E-state index in [2.05, 4.69) is 15.3 Å². The molecular weight excluding hydrogens is 276 g/mol. The van der Waals surface area contributed by atoms with Gasteiger partial charge in [-0.3, -0.25) is 10.1 Å². The molecule has 104 valence electrons. The Morgan fingerprint density at radius 2 is 2.00 bits per heavy atom. The van der Waals surface area contributed by atoms with Crippen molar-refractivity contribution in [1.82, 2.24) is 9.97 Å².